The minimum atomic E-state index is 0.542. The van der Waals surface area contributed by atoms with E-state index in [0.29, 0.717) is 5.15 Å². The highest BCUT2D eigenvalue weighted by molar-refractivity contribution is 6.34. The molecule has 1 aromatic heterocycles. The second-order valence-electron chi connectivity index (χ2n) is 4.29. The molecule has 3 rings (SSSR count). The normalized spacial score (nSPS) is 11.1. The minimum absolute atomic E-state index is 0.542. The zero-order chi connectivity index (χ0) is 12.7. The van der Waals surface area contributed by atoms with Crippen molar-refractivity contribution in [3.63, 3.8) is 0 Å². The Morgan fingerprint density at radius 2 is 1.89 bits per heavy atom. The van der Waals surface area contributed by atoms with Gasteiger partial charge in [-0.25, -0.2) is 4.98 Å². The van der Waals surface area contributed by atoms with Crippen molar-refractivity contribution in [3.8, 4) is 5.75 Å². The summed E-state index contributed by atoms with van der Waals surface area (Å²) in [4.78, 5) is 4.13. The van der Waals surface area contributed by atoms with E-state index < -0.39 is 0 Å². The summed E-state index contributed by atoms with van der Waals surface area (Å²) < 4.78 is 5.26. The number of hydrogen-bond acceptors (Lipinski definition) is 2. The summed E-state index contributed by atoms with van der Waals surface area (Å²) in [6.45, 7) is 2.10. The molecule has 2 nitrogen and oxygen atoms in total. The highest BCUT2D eigenvalue weighted by Crippen LogP contribution is 2.32. The van der Waals surface area contributed by atoms with Gasteiger partial charge >= 0.3 is 0 Å². The molecule has 0 radical (unpaired) electrons. The number of pyridine rings is 1. The Bertz CT molecular complexity index is 752. The fourth-order valence-electron chi connectivity index (χ4n) is 2.34. The van der Waals surface area contributed by atoms with Crippen LogP contribution in [0.5, 0.6) is 5.75 Å². The standard InChI is InChI=1S/C15H12ClNO/c1-9-12-4-3-11(18-2)7-10(12)8-14-13(9)5-6-17-15(14)16/h3-8H,1-2H3. The molecule has 3 heteroatoms. The van der Waals surface area contributed by atoms with Crippen molar-refractivity contribution in [1.82, 2.24) is 4.98 Å². The number of aryl methyl sites for hydroxylation is 1. The molecule has 0 aliphatic carbocycles. The maximum absolute atomic E-state index is 6.16. The van der Waals surface area contributed by atoms with Gasteiger partial charge in [-0.15, -0.1) is 0 Å². The van der Waals surface area contributed by atoms with Crippen LogP contribution in [0, 0.1) is 6.92 Å². The molecule has 0 amide bonds. The van der Waals surface area contributed by atoms with E-state index >= 15 is 0 Å². The van der Waals surface area contributed by atoms with Gasteiger partial charge in [0.25, 0.3) is 0 Å². The van der Waals surface area contributed by atoms with Crippen LogP contribution in [0.2, 0.25) is 5.15 Å². The number of benzene rings is 2. The van der Waals surface area contributed by atoms with Gasteiger partial charge < -0.3 is 4.74 Å². The van der Waals surface area contributed by atoms with Crippen molar-refractivity contribution in [2.45, 2.75) is 6.92 Å². The zero-order valence-electron chi connectivity index (χ0n) is 10.2. The van der Waals surface area contributed by atoms with E-state index in [1.54, 1.807) is 13.3 Å². The monoisotopic (exact) mass is 257 g/mol. The fraction of sp³-hybridized carbons (Fsp3) is 0.133. The fourth-order valence-corrected chi connectivity index (χ4v) is 2.55. The van der Waals surface area contributed by atoms with Crippen molar-refractivity contribution in [2.75, 3.05) is 7.11 Å². The second kappa shape index (κ2) is 4.14. The van der Waals surface area contributed by atoms with Crippen LogP contribution in [-0.2, 0) is 0 Å². The number of nitrogens with zero attached hydrogens (tertiary/aromatic N) is 1. The van der Waals surface area contributed by atoms with Crippen molar-refractivity contribution >= 4 is 33.1 Å². The second-order valence-corrected chi connectivity index (χ2v) is 4.64. The molecule has 0 aliphatic rings. The quantitative estimate of drug-likeness (QED) is 0.477. The Morgan fingerprint density at radius 1 is 1.06 bits per heavy atom. The maximum Gasteiger partial charge on any atom is 0.136 e. The molecule has 0 aliphatic heterocycles. The molecular formula is C15H12ClNO. The third kappa shape index (κ3) is 1.61. The number of methoxy groups -OCH3 is 1. The van der Waals surface area contributed by atoms with E-state index in [-0.39, 0.29) is 0 Å². The van der Waals surface area contributed by atoms with Crippen molar-refractivity contribution in [2.24, 2.45) is 0 Å². The van der Waals surface area contributed by atoms with E-state index in [1.807, 2.05) is 18.2 Å². The highest BCUT2D eigenvalue weighted by atomic mass is 35.5. The van der Waals surface area contributed by atoms with Crippen molar-refractivity contribution < 1.29 is 4.74 Å². The van der Waals surface area contributed by atoms with E-state index in [4.69, 9.17) is 16.3 Å². The van der Waals surface area contributed by atoms with Crippen molar-refractivity contribution in [1.29, 1.82) is 0 Å². The van der Waals surface area contributed by atoms with Gasteiger partial charge in [0.15, 0.2) is 0 Å². The lowest BCUT2D eigenvalue weighted by atomic mass is 9.99. The molecule has 18 heavy (non-hydrogen) atoms. The Kier molecular flexibility index (Phi) is 2.60. The van der Waals surface area contributed by atoms with Gasteiger partial charge in [-0.3, -0.25) is 0 Å². The molecule has 0 saturated heterocycles. The maximum atomic E-state index is 6.16. The first-order chi connectivity index (χ1) is 8.70. The number of aromatic nitrogens is 1. The van der Waals surface area contributed by atoms with Crippen LogP contribution < -0.4 is 4.74 Å². The lowest BCUT2D eigenvalue weighted by molar-refractivity contribution is 0.415. The summed E-state index contributed by atoms with van der Waals surface area (Å²) in [6, 6.07) is 10.1. The van der Waals surface area contributed by atoms with E-state index in [2.05, 4.69) is 24.0 Å². The molecule has 1 heterocycles. The zero-order valence-corrected chi connectivity index (χ0v) is 11.0. The lowest BCUT2D eigenvalue weighted by Crippen LogP contribution is -1.87. The summed E-state index contributed by atoms with van der Waals surface area (Å²) in [7, 11) is 1.67. The first kappa shape index (κ1) is 11.3. The summed E-state index contributed by atoms with van der Waals surface area (Å²) in [6.07, 6.45) is 1.74. The third-order valence-corrected chi connectivity index (χ3v) is 3.61. The van der Waals surface area contributed by atoms with Gasteiger partial charge in [-0.05, 0) is 52.9 Å². The summed E-state index contributed by atoms with van der Waals surface area (Å²) in [5.41, 5.74) is 1.22. The van der Waals surface area contributed by atoms with Crippen LogP contribution >= 0.6 is 11.6 Å². The number of rotatable bonds is 1. The van der Waals surface area contributed by atoms with Crippen molar-refractivity contribution in [3.05, 3.63) is 47.2 Å². The Hall–Kier alpha value is -1.80. The number of hydrogen-bond donors (Lipinski definition) is 0. The van der Waals surface area contributed by atoms with Gasteiger partial charge in [0.1, 0.15) is 10.9 Å². The van der Waals surface area contributed by atoms with Gasteiger partial charge in [0.05, 0.1) is 7.11 Å². The average molecular weight is 258 g/mol. The Morgan fingerprint density at radius 3 is 2.67 bits per heavy atom. The third-order valence-electron chi connectivity index (χ3n) is 3.31. The Labute approximate surface area is 110 Å². The number of fused-ring (bicyclic) bond motifs is 2. The molecule has 0 atom stereocenters. The predicted molar refractivity (Wildman–Crippen MR) is 75.5 cm³/mol. The highest BCUT2D eigenvalue weighted by Gasteiger charge is 2.07. The molecule has 2 aromatic carbocycles. The molecular weight excluding hydrogens is 246 g/mol. The van der Waals surface area contributed by atoms with E-state index in [0.717, 1.165) is 21.9 Å². The SMILES string of the molecule is COc1ccc2c(C)c3ccnc(Cl)c3cc2c1. The molecule has 0 N–H and O–H groups in total. The van der Waals surface area contributed by atoms with Crippen LogP contribution in [0.4, 0.5) is 0 Å². The van der Waals surface area contributed by atoms with Gasteiger partial charge in [0, 0.05) is 11.6 Å². The molecule has 0 fully saturated rings. The first-order valence-electron chi connectivity index (χ1n) is 5.72. The lowest BCUT2D eigenvalue weighted by Gasteiger charge is -2.09. The first-order valence-corrected chi connectivity index (χ1v) is 6.10. The predicted octanol–water partition coefficient (Wildman–Crippen LogP) is 4.36. The number of ether oxygens (including phenoxy) is 1. The summed E-state index contributed by atoms with van der Waals surface area (Å²) in [5, 5.41) is 5.00. The molecule has 0 unspecified atom stereocenters. The van der Waals surface area contributed by atoms with Crippen LogP contribution in [0.3, 0.4) is 0 Å². The Balaban J connectivity index is 2.48. The minimum Gasteiger partial charge on any atom is -0.497 e. The van der Waals surface area contributed by atoms with Crippen LogP contribution in [0.1, 0.15) is 5.56 Å². The van der Waals surface area contributed by atoms with Gasteiger partial charge in [0.2, 0.25) is 0 Å². The molecule has 3 aromatic rings. The average Bonchev–Trinajstić information content (AvgIpc) is 2.40. The largest absolute Gasteiger partial charge is 0.497 e. The van der Waals surface area contributed by atoms with E-state index in [1.165, 1.54) is 10.9 Å². The van der Waals surface area contributed by atoms with Gasteiger partial charge in [-0.1, -0.05) is 17.7 Å². The molecule has 0 spiro atoms. The number of halogens is 1. The molecule has 0 saturated carbocycles. The summed E-state index contributed by atoms with van der Waals surface area (Å²) in [5.74, 6) is 0.848. The van der Waals surface area contributed by atoms with Crippen LogP contribution in [-0.4, -0.2) is 12.1 Å². The molecule has 90 valence electrons. The van der Waals surface area contributed by atoms with Crippen LogP contribution in [0.25, 0.3) is 21.5 Å². The smallest absolute Gasteiger partial charge is 0.136 e. The summed E-state index contributed by atoms with van der Waals surface area (Å²) >= 11 is 6.16. The molecule has 0 bridgehead atoms. The van der Waals surface area contributed by atoms with Crippen LogP contribution in [0.15, 0.2) is 36.5 Å². The topological polar surface area (TPSA) is 22.1 Å². The van der Waals surface area contributed by atoms with E-state index in [9.17, 15) is 0 Å². The van der Waals surface area contributed by atoms with Gasteiger partial charge in [-0.2, -0.15) is 0 Å².